The third-order valence-electron chi connectivity index (χ3n) is 2.66. The van der Waals surface area contributed by atoms with Gasteiger partial charge in [-0.25, -0.2) is 0 Å². The lowest BCUT2D eigenvalue weighted by atomic mass is 10.2. The Morgan fingerprint density at radius 2 is 2.29 bits per heavy atom. The number of benzene rings is 1. The Bertz CT molecular complexity index is 534. The van der Waals surface area contributed by atoms with Gasteiger partial charge in [-0.15, -0.1) is 6.42 Å². The molecule has 0 aliphatic rings. The fraction of sp³-hybridized carbons (Fsp3) is 0.214. The molecule has 0 aliphatic carbocycles. The smallest absolute Gasteiger partial charge is 0.0492 e. The van der Waals surface area contributed by atoms with Crippen molar-refractivity contribution in [1.29, 1.82) is 0 Å². The zero-order chi connectivity index (χ0) is 12.1. The van der Waals surface area contributed by atoms with Gasteiger partial charge in [0.2, 0.25) is 0 Å². The number of rotatable bonds is 4. The van der Waals surface area contributed by atoms with Crippen molar-refractivity contribution in [1.82, 2.24) is 9.78 Å². The van der Waals surface area contributed by atoms with Crippen LogP contribution in [0.3, 0.4) is 0 Å². The molecule has 86 valence electrons. The molecule has 0 bridgehead atoms. The van der Waals surface area contributed by atoms with E-state index in [0.717, 1.165) is 24.2 Å². The van der Waals surface area contributed by atoms with Gasteiger partial charge < -0.3 is 5.32 Å². The summed E-state index contributed by atoms with van der Waals surface area (Å²) in [6.45, 7) is 0.869. The second-order valence-corrected chi connectivity index (χ2v) is 3.85. The van der Waals surface area contributed by atoms with Gasteiger partial charge >= 0.3 is 0 Å². The Kier molecular flexibility index (Phi) is 3.46. The van der Waals surface area contributed by atoms with Gasteiger partial charge in [-0.1, -0.05) is 12.0 Å². The van der Waals surface area contributed by atoms with E-state index in [1.54, 1.807) is 0 Å². The van der Waals surface area contributed by atoms with Crippen LogP contribution in [0.2, 0.25) is 0 Å². The molecule has 17 heavy (non-hydrogen) atoms. The van der Waals surface area contributed by atoms with Crippen LogP contribution in [0, 0.1) is 12.3 Å². The van der Waals surface area contributed by atoms with E-state index in [9.17, 15) is 0 Å². The number of anilines is 1. The first-order valence-electron chi connectivity index (χ1n) is 5.57. The van der Waals surface area contributed by atoms with Crippen molar-refractivity contribution >= 4 is 5.69 Å². The van der Waals surface area contributed by atoms with E-state index in [-0.39, 0.29) is 0 Å². The van der Waals surface area contributed by atoms with E-state index in [2.05, 4.69) is 16.3 Å². The summed E-state index contributed by atoms with van der Waals surface area (Å²) in [5.41, 5.74) is 3.17. The number of hydrogen-bond acceptors (Lipinski definition) is 2. The second kappa shape index (κ2) is 5.22. The summed E-state index contributed by atoms with van der Waals surface area (Å²) in [6.07, 6.45) is 8.11. The fourth-order valence-electron chi connectivity index (χ4n) is 1.70. The topological polar surface area (TPSA) is 29.9 Å². The Morgan fingerprint density at radius 1 is 1.41 bits per heavy atom. The molecule has 3 nitrogen and oxygen atoms in total. The Hall–Kier alpha value is -2.21. The van der Waals surface area contributed by atoms with Gasteiger partial charge in [-0.2, -0.15) is 5.10 Å². The van der Waals surface area contributed by atoms with E-state index in [1.807, 2.05) is 48.3 Å². The minimum absolute atomic E-state index is 0.869. The fourth-order valence-corrected chi connectivity index (χ4v) is 1.70. The summed E-state index contributed by atoms with van der Waals surface area (Å²) in [6, 6.07) is 9.90. The highest BCUT2D eigenvalue weighted by molar-refractivity contribution is 5.49. The molecule has 1 heterocycles. The molecule has 1 N–H and O–H groups in total. The first-order valence-corrected chi connectivity index (χ1v) is 5.57. The van der Waals surface area contributed by atoms with E-state index in [4.69, 9.17) is 6.42 Å². The maximum Gasteiger partial charge on any atom is 0.0492 e. The quantitative estimate of drug-likeness (QED) is 0.807. The van der Waals surface area contributed by atoms with Gasteiger partial charge in [0.25, 0.3) is 0 Å². The van der Waals surface area contributed by atoms with E-state index >= 15 is 0 Å². The molecule has 0 aliphatic heterocycles. The third-order valence-corrected chi connectivity index (χ3v) is 2.66. The maximum absolute atomic E-state index is 5.36. The van der Waals surface area contributed by atoms with Crippen molar-refractivity contribution < 1.29 is 0 Å². The van der Waals surface area contributed by atoms with Crippen LogP contribution >= 0.6 is 0 Å². The molecule has 0 unspecified atom stereocenters. The first kappa shape index (κ1) is 11.3. The van der Waals surface area contributed by atoms with Crippen molar-refractivity contribution in [2.75, 3.05) is 11.9 Å². The summed E-state index contributed by atoms with van der Waals surface area (Å²) in [4.78, 5) is 0. The molecular weight excluding hydrogens is 210 g/mol. The van der Waals surface area contributed by atoms with Crippen LogP contribution in [0.15, 0.2) is 36.5 Å². The largest absolute Gasteiger partial charge is 0.385 e. The summed E-state index contributed by atoms with van der Waals surface area (Å²) >= 11 is 0. The minimum Gasteiger partial charge on any atom is -0.385 e. The van der Waals surface area contributed by atoms with E-state index < -0.39 is 0 Å². The first-order chi connectivity index (χ1) is 8.29. The van der Waals surface area contributed by atoms with Crippen molar-refractivity contribution in [2.24, 2.45) is 7.05 Å². The average molecular weight is 225 g/mol. The van der Waals surface area contributed by atoms with Crippen molar-refractivity contribution in [3.63, 3.8) is 0 Å². The van der Waals surface area contributed by atoms with Crippen molar-refractivity contribution in [3.05, 3.63) is 47.8 Å². The zero-order valence-electron chi connectivity index (χ0n) is 9.85. The van der Waals surface area contributed by atoms with Crippen LogP contribution in [0.4, 0.5) is 5.69 Å². The predicted molar refractivity (Wildman–Crippen MR) is 69.8 cm³/mol. The van der Waals surface area contributed by atoms with Crippen LogP contribution in [0.25, 0.3) is 0 Å². The number of hydrogen-bond donors (Lipinski definition) is 1. The summed E-state index contributed by atoms with van der Waals surface area (Å²) in [5.74, 6) is 2.63. The van der Waals surface area contributed by atoms with Crippen LogP contribution in [-0.4, -0.2) is 16.3 Å². The molecule has 1 aromatic carbocycles. The molecule has 3 heteroatoms. The van der Waals surface area contributed by atoms with Crippen molar-refractivity contribution in [2.45, 2.75) is 6.42 Å². The van der Waals surface area contributed by atoms with Gasteiger partial charge in [-0.3, -0.25) is 4.68 Å². The third kappa shape index (κ3) is 2.88. The van der Waals surface area contributed by atoms with Crippen LogP contribution in [0.5, 0.6) is 0 Å². The summed E-state index contributed by atoms with van der Waals surface area (Å²) in [7, 11) is 1.95. The van der Waals surface area contributed by atoms with E-state index in [0.29, 0.717) is 0 Å². The second-order valence-electron chi connectivity index (χ2n) is 3.85. The molecule has 0 saturated heterocycles. The lowest BCUT2D eigenvalue weighted by Gasteiger charge is -2.07. The van der Waals surface area contributed by atoms with Crippen molar-refractivity contribution in [3.8, 4) is 12.3 Å². The van der Waals surface area contributed by atoms with Gasteiger partial charge in [0.05, 0.1) is 0 Å². The highest BCUT2D eigenvalue weighted by Crippen LogP contribution is 2.09. The summed E-state index contributed by atoms with van der Waals surface area (Å²) < 4.78 is 1.89. The highest BCUT2D eigenvalue weighted by Gasteiger charge is 1.98. The number of nitrogens with one attached hydrogen (secondary N) is 1. The Labute approximate surface area is 101 Å². The van der Waals surface area contributed by atoms with Gasteiger partial charge in [0, 0.05) is 43.2 Å². The molecule has 0 radical (unpaired) electrons. The molecule has 0 spiro atoms. The predicted octanol–water partition coefficient (Wildman–Crippen LogP) is 2.06. The average Bonchev–Trinajstić information content (AvgIpc) is 2.76. The number of aromatic nitrogens is 2. The van der Waals surface area contributed by atoms with Gasteiger partial charge in [-0.05, 0) is 24.3 Å². The minimum atomic E-state index is 0.869. The Balaban J connectivity index is 1.90. The molecule has 2 rings (SSSR count). The lowest BCUT2D eigenvalue weighted by molar-refractivity contribution is 0.711. The standard InChI is InChI=1S/C14H15N3/c1-3-12-5-4-6-13(11-12)15-9-7-14-8-10-16-17(14)2/h1,4-6,8,10-11,15H,7,9H2,2H3. The Morgan fingerprint density at radius 3 is 3.00 bits per heavy atom. The number of aryl methyl sites for hydroxylation is 1. The highest BCUT2D eigenvalue weighted by atomic mass is 15.3. The molecule has 0 fully saturated rings. The number of nitrogens with zero attached hydrogens (tertiary/aromatic N) is 2. The van der Waals surface area contributed by atoms with Crippen LogP contribution in [-0.2, 0) is 13.5 Å². The molecule has 2 aromatic rings. The van der Waals surface area contributed by atoms with Crippen LogP contribution < -0.4 is 5.32 Å². The molecule has 0 atom stereocenters. The number of terminal acetylenes is 1. The maximum atomic E-state index is 5.36. The van der Waals surface area contributed by atoms with Crippen LogP contribution in [0.1, 0.15) is 11.3 Å². The zero-order valence-corrected chi connectivity index (χ0v) is 9.85. The normalized spacial score (nSPS) is 9.88. The summed E-state index contributed by atoms with van der Waals surface area (Å²) in [5, 5.41) is 7.48. The molecule has 1 aromatic heterocycles. The molecule has 0 amide bonds. The SMILES string of the molecule is C#Cc1cccc(NCCc2ccnn2C)c1. The molecular formula is C14H15N3. The monoisotopic (exact) mass is 225 g/mol. The van der Waals surface area contributed by atoms with E-state index in [1.165, 1.54) is 5.69 Å². The lowest BCUT2D eigenvalue weighted by Crippen LogP contribution is -2.08. The van der Waals surface area contributed by atoms with Gasteiger partial charge in [0.1, 0.15) is 0 Å². The van der Waals surface area contributed by atoms with Gasteiger partial charge in [0.15, 0.2) is 0 Å². The molecule has 0 saturated carbocycles.